The second kappa shape index (κ2) is 7.64. The Balaban J connectivity index is 5.35. The van der Waals surface area contributed by atoms with E-state index in [2.05, 4.69) is 0 Å². The Hall–Kier alpha value is -0.640. The summed E-state index contributed by atoms with van der Waals surface area (Å²) in [5.74, 6) is -0.641. The van der Waals surface area contributed by atoms with E-state index in [1.165, 1.54) is 0 Å². The molecule has 0 unspecified atom stereocenters. The van der Waals surface area contributed by atoms with E-state index in [4.69, 9.17) is 13.8 Å². The summed E-state index contributed by atoms with van der Waals surface area (Å²) >= 11 is 0. The second-order valence-electron chi connectivity index (χ2n) is 3.40. The first kappa shape index (κ1) is 16.4. The highest BCUT2D eigenvalue weighted by atomic mass is 31.2. The molecule has 0 saturated carbocycles. The lowest BCUT2D eigenvalue weighted by Crippen LogP contribution is -2.12. The Labute approximate surface area is 103 Å². The molecule has 0 fully saturated rings. The summed E-state index contributed by atoms with van der Waals surface area (Å²) in [6.45, 7) is 9.05. The molecule has 0 bridgehead atoms. The molecule has 0 aromatic heterocycles. The number of hydrogen-bond donors (Lipinski definition) is 0. The standard InChI is InChI=1S/C11H21O5P/c1-6-14-11(12)10(9(4)5)17(13,15-7-2)16-8-3/h6-8H2,1-5H3. The summed E-state index contributed by atoms with van der Waals surface area (Å²) in [5.41, 5.74) is 0.577. The summed E-state index contributed by atoms with van der Waals surface area (Å²) in [6.07, 6.45) is 0. The number of carbonyl (C=O) groups excluding carboxylic acids is 1. The Morgan fingerprint density at radius 3 is 1.76 bits per heavy atom. The molecule has 0 radical (unpaired) electrons. The molecular formula is C11H21O5P. The number of ether oxygens (including phenoxy) is 1. The number of esters is 1. The number of hydrogen-bond acceptors (Lipinski definition) is 5. The molecular weight excluding hydrogens is 243 g/mol. The molecule has 100 valence electrons. The molecule has 0 saturated heterocycles. The van der Waals surface area contributed by atoms with Gasteiger partial charge in [-0.2, -0.15) is 0 Å². The number of carbonyl (C=O) groups is 1. The van der Waals surface area contributed by atoms with Gasteiger partial charge in [0.15, 0.2) is 0 Å². The fraction of sp³-hybridized carbons (Fsp3) is 0.727. The molecule has 0 spiro atoms. The largest absolute Gasteiger partial charge is 0.462 e. The predicted molar refractivity (Wildman–Crippen MR) is 65.9 cm³/mol. The van der Waals surface area contributed by atoms with Gasteiger partial charge in [0.05, 0.1) is 19.8 Å². The highest BCUT2D eigenvalue weighted by molar-refractivity contribution is 7.60. The Morgan fingerprint density at radius 2 is 1.47 bits per heavy atom. The lowest BCUT2D eigenvalue weighted by molar-refractivity contribution is -0.137. The normalized spacial score (nSPS) is 11.1. The van der Waals surface area contributed by atoms with Crippen LogP contribution in [0.4, 0.5) is 0 Å². The summed E-state index contributed by atoms with van der Waals surface area (Å²) in [5, 5.41) is 0.00282. The van der Waals surface area contributed by atoms with Crippen LogP contribution in [-0.2, 0) is 23.1 Å². The van der Waals surface area contributed by atoms with Crippen LogP contribution in [0.15, 0.2) is 10.9 Å². The summed E-state index contributed by atoms with van der Waals surface area (Å²) in [4.78, 5) is 11.8. The Kier molecular flexibility index (Phi) is 7.35. The van der Waals surface area contributed by atoms with Crippen molar-refractivity contribution in [2.24, 2.45) is 0 Å². The minimum Gasteiger partial charge on any atom is -0.462 e. The summed E-state index contributed by atoms with van der Waals surface area (Å²) in [7, 11) is -3.57. The van der Waals surface area contributed by atoms with Gasteiger partial charge in [-0.05, 0) is 34.6 Å². The Bertz CT molecular complexity index is 321. The van der Waals surface area contributed by atoms with Crippen LogP contribution in [-0.4, -0.2) is 25.8 Å². The van der Waals surface area contributed by atoms with Crippen LogP contribution in [0, 0.1) is 0 Å². The average Bonchev–Trinajstić information content (AvgIpc) is 2.17. The van der Waals surface area contributed by atoms with E-state index in [0.717, 1.165) is 0 Å². The monoisotopic (exact) mass is 264 g/mol. The highest BCUT2D eigenvalue weighted by Crippen LogP contribution is 2.57. The van der Waals surface area contributed by atoms with Crippen molar-refractivity contribution in [2.75, 3.05) is 19.8 Å². The molecule has 0 aromatic carbocycles. The number of rotatable bonds is 7. The fourth-order valence-corrected chi connectivity index (χ4v) is 3.14. The van der Waals surface area contributed by atoms with Crippen molar-refractivity contribution in [2.45, 2.75) is 34.6 Å². The quantitative estimate of drug-likeness (QED) is 0.401. The molecule has 5 nitrogen and oxygen atoms in total. The van der Waals surface area contributed by atoms with Crippen LogP contribution >= 0.6 is 7.60 Å². The maximum absolute atomic E-state index is 12.5. The van der Waals surface area contributed by atoms with E-state index in [0.29, 0.717) is 5.57 Å². The van der Waals surface area contributed by atoms with Crippen LogP contribution in [0.1, 0.15) is 34.6 Å². The molecule has 0 aliphatic rings. The van der Waals surface area contributed by atoms with Gasteiger partial charge in [-0.25, -0.2) is 4.79 Å². The SMILES string of the molecule is CCOC(=O)C(=C(C)C)P(=O)(OCC)OCC. The van der Waals surface area contributed by atoms with Crippen LogP contribution in [0.5, 0.6) is 0 Å². The fourth-order valence-electron chi connectivity index (χ4n) is 1.30. The Morgan fingerprint density at radius 1 is 1.00 bits per heavy atom. The van der Waals surface area contributed by atoms with Gasteiger partial charge in [0, 0.05) is 0 Å². The van der Waals surface area contributed by atoms with Gasteiger partial charge < -0.3 is 13.8 Å². The zero-order valence-corrected chi connectivity index (χ0v) is 12.0. The van der Waals surface area contributed by atoms with Gasteiger partial charge in [-0.3, -0.25) is 4.57 Å². The molecule has 0 amide bonds. The number of allylic oxidation sites excluding steroid dienone is 1. The first-order valence-electron chi connectivity index (χ1n) is 5.67. The summed E-state index contributed by atoms with van der Waals surface area (Å²) < 4.78 is 27.6. The zero-order valence-electron chi connectivity index (χ0n) is 11.1. The molecule has 0 aliphatic heterocycles. The van der Waals surface area contributed by atoms with E-state index in [1.54, 1.807) is 34.6 Å². The highest BCUT2D eigenvalue weighted by Gasteiger charge is 2.36. The third-order valence-electron chi connectivity index (χ3n) is 1.81. The van der Waals surface area contributed by atoms with Gasteiger partial charge in [0.25, 0.3) is 0 Å². The predicted octanol–water partition coefficient (Wildman–Crippen LogP) is 3.11. The van der Waals surface area contributed by atoms with Crippen molar-refractivity contribution in [3.63, 3.8) is 0 Å². The van der Waals surface area contributed by atoms with Crippen LogP contribution in [0.25, 0.3) is 0 Å². The maximum Gasteiger partial charge on any atom is 0.368 e. The van der Waals surface area contributed by atoms with E-state index in [9.17, 15) is 9.36 Å². The molecule has 6 heteroatoms. The zero-order chi connectivity index (χ0) is 13.5. The van der Waals surface area contributed by atoms with Crippen LogP contribution in [0.3, 0.4) is 0 Å². The van der Waals surface area contributed by atoms with Crippen LogP contribution < -0.4 is 0 Å². The van der Waals surface area contributed by atoms with Crippen molar-refractivity contribution in [1.29, 1.82) is 0 Å². The van der Waals surface area contributed by atoms with E-state index >= 15 is 0 Å². The van der Waals surface area contributed by atoms with E-state index in [-0.39, 0.29) is 25.1 Å². The van der Waals surface area contributed by atoms with Gasteiger partial charge in [-0.15, -0.1) is 0 Å². The molecule has 0 atom stereocenters. The van der Waals surface area contributed by atoms with Gasteiger partial charge >= 0.3 is 13.6 Å². The second-order valence-corrected chi connectivity index (χ2v) is 5.36. The first-order valence-corrected chi connectivity index (χ1v) is 7.21. The maximum atomic E-state index is 12.5. The van der Waals surface area contributed by atoms with Crippen molar-refractivity contribution in [3.05, 3.63) is 10.9 Å². The lowest BCUT2D eigenvalue weighted by Gasteiger charge is -2.20. The molecule has 0 rings (SSSR count). The lowest BCUT2D eigenvalue weighted by atomic mass is 10.3. The average molecular weight is 264 g/mol. The smallest absolute Gasteiger partial charge is 0.368 e. The topological polar surface area (TPSA) is 61.8 Å². The van der Waals surface area contributed by atoms with Gasteiger partial charge in [0.1, 0.15) is 5.31 Å². The van der Waals surface area contributed by atoms with Crippen molar-refractivity contribution < 1.29 is 23.1 Å². The summed E-state index contributed by atoms with van der Waals surface area (Å²) in [6, 6.07) is 0. The van der Waals surface area contributed by atoms with Gasteiger partial charge in [-0.1, -0.05) is 5.57 Å². The third-order valence-corrected chi connectivity index (χ3v) is 4.19. The molecule has 0 aromatic rings. The first-order chi connectivity index (χ1) is 7.92. The molecule has 0 heterocycles. The molecule has 0 N–H and O–H groups in total. The minimum atomic E-state index is -3.57. The van der Waals surface area contributed by atoms with E-state index < -0.39 is 13.6 Å². The van der Waals surface area contributed by atoms with Crippen molar-refractivity contribution in [1.82, 2.24) is 0 Å². The van der Waals surface area contributed by atoms with Crippen molar-refractivity contribution >= 4 is 13.6 Å². The van der Waals surface area contributed by atoms with Crippen molar-refractivity contribution in [3.8, 4) is 0 Å². The third kappa shape index (κ3) is 4.62. The minimum absolute atomic E-state index is 0.00282. The molecule has 0 aliphatic carbocycles. The van der Waals surface area contributed by atoms with E-state index in [1.807, 2.05) is 0 Å². The van der Waals surface area contributed by atoms with Crippen LogP contribution in [0.2, 0.25) is 0 Å². The van der Waals surface area contributed by atoms with Gasteiger partial charge in [0.2, 0.25) is 0 Å². The molecule has 17 heavy (non-hydrogen) atoms.